The molecule has 0 saturated carbocycles. The van der Waals surface area contributed by atoms with E-state index in [4.69, 9.17) is 5.11 Å². The standard InChI is InChI=1S/C17H33NO4S/c1-2-3-4-5-6-7-8-9-10-11-12-13-14-23-16(18(21)22)15-17(19)20/h16H,2-15H2,1H3,(H,19,20). The van der Waals surface area contributed by atoms with Crippen LogP contribution < -0.4 is 0 Å². The summed E-state index contributed by atoms with van der Waals surface area (Å²) in [6.07, 6.45) is 14.8. The fourth-order valence-corrected chi connectivity index (χ4v) is 3.53. The van der Waals surface area contributed by atoms with Gasteiger partial charge in [0.2, 0.25) is 0 Å². The maximum absolute atomic E-state index is 10.7. The first-order chi connectivity index (χ1) is 11.1. The van der Waals surface area contributed by atoms with Gasteiger partial charge in [0.05, 0.1) is 0 Å². The third-order valence-corrected chi connectivity index (χ3v) is 5.14. The van der Waals surface area contributed by atoms with Gasteiger partial charge in [-0.2, -0.15) is 0 Å². The van der Waals surface area contributed by atoms with Crippen LogP contribution in [0.4, 0.5) is 0 Å². The lowest BCUT2D eigenvalue weighted by Crippen LogP contribution is -2.20. The average molecular weight is 348 g/mol. The molecule has 0 aromatic heterocycles. The van der Waals surface area contributed by atoms with E-state index < -0.39 is 22.7 Å². The van der Waals surface area contributed by atoms with Gasteiger partial charge in [0.15, 0.2) is 0 Å². The number of nitrogens with zero attached hydrogens (tertiary/aromatic N) is 1. The summed E-state index contributed by atoms with van der Waals surface area (Å²) in [6.45, 7) is 2.24. The van der Waals surface area contributed by atoms with E-state index >= 15 is 0 Å². The number of thioether (sulfide) groups is 1. The van der Waals surface area contributed by atoms with Crippen LogP contribution in [0.25, 0.3) is 0 Å². The van der Waals surface area contributed by atoms with Gasteiger partial charge in [0.1, 0.15) is 6.42 Å². The highest BCUT2D eigenvalue weighted by Crippen LogP contribution is 2.18. The highest BCUT2D eigenvalue weighted by atomic mass is 32.2. The Morgan fingerprint density at radius 2 is 1.39 bits per heavy atom. The average Bonchev–Trinajstić information content (AvgIpc) is 2.50. The SMILES string of the molecule is CCCCCCCCCCCCCCSC(CC(=O)O)[N+](=O)[O-]. The Balaban J connectivity index is 3.32. The molecule has 0 amide bonds. The van der Waals surface area contributed by atoms with Crippen LogP contribution in [0.5, 0.6) is 0 Å². The van der Waals surface area contributed by atoms with Gasteiger partial charge in [0, 0.05) is 4.92 Å². The molecule has 23 heavy (non-hydrogen) atoms. The monoisotopic (exact) mass is 347 g/mol. The number of hydrogen-bond donors (Lipinski definition) is 1. The molecule has 1 atom stereocenters. The topological polar surface area (TPSA) is 80.4 Å². The highest BCUT2D eigenvalue weighted by molar-refractivity contribution is 7.99. The highest BCUT2D eigenvalue weighted by Gasteiger charge is 2.23. The van der Waals surface area contributed by atoms with E-state index in [1.54, 1.807) is 0 Å². The second-order valence-corrected chi connectivity index (χ2v) is 7.38. The zero-order chi connectivity index (χ0) is 17.3. The number of carbonyl (C=O) groups is 1. The number of aliphatic carboxylic acids is 1. The van der Waals surface area contributed by atoms with Gasteiger partial charge >= 0.3 is 5.97 Å². The lowest BCUT2D eigenvalue weighted by atomic mass is 10.1. The maximum atomic E-state index is 10.7. The van der Waals surface area contributed by atoms with Crippen molar-refractivity contribution in [3.05, 3.63) is 10.1 Å². The first-order valence-electron chi connectivity index (χ1n) is 9.04. The van der Waals surface area contributed by atoms with Gasteiger partial charge in [-0.1, -0.05) is 89.3 Å². The van der Waals surface area contributed by atoms with Crippen LogP contribution in [0.2, 0.25) is 0 Å². The number of unbranched alkanes of at least 4 members (excludes halogenated alkanes) is 11. The van der Waals surface area contributed by atoms with Gasteiger partial charge in [-0.3, -0.25) is 14.9 Å². The number of rotatable bonds is 17. The third-order valence-electron chi connectivity index (χ3n) is 3.89. The van der Waals surface area contributed by atoms with E-state index in [9.17, 15) is 14.9 Å². The normalized spacial score (nSPS) is 12.2. The Labute approximate surface area is 144 Å². The van der Waals surface area contributed by atoms with Gasteiger partial charge < -0.3 is 5.11 Å². The molecule has 0 rings (SSSR count). The van der Waals surface area contributed by atoms with Crippen molar-refractivity contribution >= 4 is 17.7 Å². The summed E-state index contributed by atoms with van der Waals surface area (Å²) in [4.78, 5) is 20.7. The first-order valence-corrected chi connectivity index (χ1v) is 10.1. The van der Waals surface area contributed by atoms with E-state index in [2.05, 4.69) is 6.92 Å². The number of carboxylic acids is 1. The van der Waals surface area contributed by atoms with Crippen molar-refractivity contribution in [2.24, 2.45) is 0 Å². The second-order valence-electron chi connectivity index (χ2n) is 6.10. The predicted molar refractivity (Wildman–Crippen MR) is 96.6 cm³/mol. The molecule has 1 N–H and O–H groups in total. The molecule has 0 bridgehead atoms. The summed E-state index contributed by atoms with van der Waals surface area (Å²) in [7, 11) is 0. The predicted octanol–water partition coefficient (Wildman–Crippen LogP) is 5.50. The van der Waals surface area contributed by atoms with E-state index in [0.29, 0.717) is 5.75 Å². The zero-order valence-corrected chi connectivity index (χ0v) is 15.3. The van der Waals surface area contributed by atoms with Crippen LogP contribution in [0.3, 0.4) is 0 Å². The Morgan fingerprint density at radius 3 is 1.78 bits per heavy atom. The Kier molecular flexibility index (Phi) is 15.5. The molecule has 6 heteroatoms. The minimum absolute atomic E-state index is 0.393. The largest absolute Gasteiger partial charge is 0.481 e. The number of carboxylic acid groups (broad SMARTS) is 1. The fraction of sp³-hybridized carbons (Fsp3) is 0.941. The Hall–Kier alpha value is -0.780. The van der Waals surface area contributed by atoms with E-state index in [1.807, 2.05) is 0 Å². The molecule has 136 valence electrons. The molecule has 0 aliphatic heterocycles. The molecule has 0 spiro atoms. The summed E-state index contributed by atoms with van der Waals surface area (Å²) in [6, 6.07) is 0. The van der Waals surface area contributed by atoms with Crippen molar-refractivity contribution in [2.45, 2.75) is 95.8 Å². The molecule has 0 aliphatic carbocycles. The van der Waals surface area contributed by atoms with E-state index in [-0.39, 0.29) is 0 Å². The smallest absolute Gasteiger partial charge is 0.311 e. The molecule has 5 nitrogen and oxygen atoms in total. The van der Waals surface area contributed by atoms with Crippen LogP contribution in [-0.2, 0) is 4.79 Å². The minimum atomic E-state index is -1.10. The Morgan fingerprint density at radius 1 is 0.957 bits per heavy atom. The molecule has 1 unspecified atom stereocenters. The third kappa shape index (κ3) is 15.9. The lowest BCUT2D eigenvalue weighted by Gasteiger charge is -2.06. The van der Waals surface area contributed by atoms with Crippen molar-refractivity contribution < 1.29 is 14.8 Å². The fourth-order valence-electron chi connectivity index (χ4n) is 2.51. The number of hydrogen-bond acceptors (Lipinski definition) is 4. The summed E-state index contributed by atoms with van der Waals surface area (Å²) in [5.74, 6) is -0.426. The Bertz CT molecular complexity index is 313. The van der Waals surface area contributed by atoms with Crippen LogP contribution >= 0.6 is 11.8 Å². The first kappa shape index (κ1) is 22.2. The summed E-state index contributed by atoms with van der Waals surface area (Å²) in [5.41, 5.74) is 0. The molecular formula is C17H33NO4S. The van der Waals surface area contributed by atoms with Crippen molar-refractivity contribution in [2.75, 3.05) is 5.75 Å². The molecule has 0 fully saturated rings. The van der Waals surface area contributed by atoms with Crippen molar-refractivity contribution in [3.63, 3.8) is 0 Å². The van der Waals surface area contributed by atoms with Crippen molar-refractivity contribution in [3.8, 4) is 0 Å². The van der Waals surface area contributed by atoms with Gasteiger partial charge in [-0.05, 0) is 12.2 Å². The molecule has 0 aromatic carbocycles. The van der Waals surface area contributed by atoms with Crippen LogP contribution in [0.15, 0.2) is 0 Å². The van der Waals surface area contributed by atoms with Gasteiger partial charge in [0.25, 0.3) is 5.37 Å². The molecule has 0 saturated heterocycles. The summed E-state index contributed by atoms with van der Waals surface area (Å²) < 4.78 is 0. The van der Waals surface area contributed by atoms with Crippen LogP contribution in [0.1, 0.15) is 90.4 Å². The maximum Gasteiger partial charge on any atom is 0.311 e. The van der Waals surface area contributed by atoms with Crippen molar-refractivity contribution in [1.29, 1.82) is 0 Å². The minimum Gasteiger partial charge on any atom is -0.481 e. The van der Waals surface area contributed by atoms with E-state index in [1.165, 1.54) is 64.2 Å². The summed E-state index contributed by atoms with van der Waals surface area (Å²) in [5, 5.41) is 18.3. The molecular weight excluding hydrogens is 314 g/mol. The molecule has 0 radical (unpaired) electrons. The molecule has 0 heterocycles. The van der Waals surface area contributed by atoms with Gasteiger partial charge in [-0.15, -0.1) is 0 Å². The quantitative estimate of drug-likeness (QED) is 0.163. The van der Waals surface area contributed by atoms with E-state index in [0.717, 1.165) is 24.6 Å². The molecule has 0 aliphatic rings. The van der Waals surface area contributed by atoms with Crippen molar-refractivity contribution in [1.82, 2.24) is 0 Å². The summed E-state index contributed by atoms with van der Waals surface area (Å²) >= 11 is 1.16. The lowest BCUT2D eigenvalue weighted by molar-refractivity contribution is -0.494. The van der Waals surface area contributed by atoms with Crippen LogP contribution in [0, 0.1) is 10.1 Å². The number of nitro groups is 1. The molecule has 0 aromatic rings. The zero-order valence-electron chi connectivity index (χ0n) is 14.5. The van der Waals surface area contributed by atoms with Crippen LogP contribution in [-0.4, -0.2) is 27.1 Å². The second kappa shape index (κ2) is 16.1. The van der Waals surface area contributed by atoms with Gasteiger partial charge in [-0.25, -0.2) is 0 Å².